The van der Waals surface area contributed by atoms with Crippen LogP contribution in [-0.4, -0.2) is 17.2 Å². The molecule has 1 unspecified atom stereocenters. The summed E-state index contributed by atoms with van der Waals surface area (Å²) in [4.78, 5) is 23.9. The molecule has 0 spiro atoms. The van der Waals surface area contributed by atoms with E-state index in [0.717, 1.165) is 10.5 Å². The van der Waals surface area contributed by atoms with Crippen LogP contribution in [0.5, 0.6) is 0 Å². The number of thioether (sulfide) groups is 1. The monoisotopic (exact) mass is 266 g/mol. The van der Waals surface area contributed by atoms with Gasteiger partial charge in [0, 0.05) is 17.7 Å². The highest BCUT2D eigenvalue weighted by atomic mass is 32.2. The first-order chi connectivity index (χ1) is 8.40. The minimum absolute atomic E-state index is 0.0734. The van der Waals surface area contributed by atoms with Crippen LogP contribution < -0.4 is 0 Å². The normalized spacial score (nSPS) is 12.3. The Kier molecular flexibility index (Phi) is 5.41. The largest absolute Gasteiger partial charge is 0.443 e. The smallest absolute Gasteiger partial charge is 0.304 e. The Morgan fingerprint density at radius 2 is 1.72 bits per heavy atom. The van der Waals surface area contributed by atoms with Crippen molar-refractivity contribution in [3.05, 3.63) is 29.8 Å². The van der Waals surface area contributed by atoms with Crippen LogP contribution in [0, 0.1) is 12.8 Å². The highest BCUT2D eigenvalue weighted by molar-refractivity contribution is 8.00. The number of benzene rings is 1. The molecule has 0 aliphatic rings. The summed E-state index contributed by atoms with van der Waals surface area (Å²) < 4.78 is 5.08. The van der Waals surface area contributed by atoms with Crippen molar-refractivity contribution in [3.8, 4) is 0 Å². The summed E-state index contributed by atoms with van der Waals surface area (Å²) in [5.74, 6) is -0.670. The number of hydrogen-bond donors (Lipinski definition) is 0. The summed E-state index contributed by atoms with van der Waals surface area (Å²) in [5, 5.41) is 0. The second-order valence-electron chi connectivity index (χ2n) is 4.43. The molecule has 3 nitrogen and oxygen atoms in total. The molecule has 0 N–H and O–H groups in total. The van der Waals surface area contributed by atoms with E-state index >= 15 is 0 Å². The third-order valence-electron chi connectivity index (χ3n) is 2.34. The number of carbonyl (C=O) groups excluding carboxylic acids is 2. The quantitative estimate of drug-likeness (QED) is 0.466. The zero-order chi connectivity index (χ0) is 13.7. The van der Waals surface area contributed by atoms with E-state index in [9.17, 15) is 9.59 Å². The van der Waals surface area contributed by atoms with Crippen LogP contribution in [0.15, 0.2) is 29.2 Å². The molecule has 0 aromatic heterocycles. The number of ketones is 1. The fourth-order valence-corrected chi connectivity index (χ4v) is 2.42. The fraction of sp³-hybridized carbons (Fsp3) is 0.429. The van der Waals surface area contributed by atoms with E-state index in [4.69, 9.17) is 4.74 Å². The van der Waals surface area contributed by atoms with E-state index in [1.54, 1.807) is 13.8 Å². The Bertz CT molecular complexity index is 423. The fourth-order valence-electron chi connectivity index (χ4n) is 1.30. The molecule has 0 bridgehead atoms. The topological polar surface area (TPSA) is 43.4 Å². The van der Waals surface area contributed by atoms with Crippen LogP contribution in [0.2, 0.25) is 0 Å². The molecule has 0 saturated heterocycles. The van der Waals surface area contributed by atoms with Crippen LogP contribution in [0.25, 0.3) is 0 Å². The lowest BCUT2D eigenvalue weighted by Gasteiger charge is -2.17. The van der Waals surface area contributed by atoms with Crippen LogP contribution >= 0.6 is 11.8 Å². The average molecular weight is 266 g/mol. The van der Waals surface area contributed by atoms with Gasteiger partial charge in [0.15, 0.2) is 5.78 Å². The molecule has 0 heterocycles. The molecule has 1 aromatic rings. The molecule has 0 aliphatic carbocycles. The van der Waals surface area contributed by atoms with Gasteiger partial charge in [0.25, 0.3) is 0 Å². The van der Waals surface area contributed by atoms with Gasteiger partial charge in [0.05, 0.1) is 0 Å². The second-order valence-corrected chi connectivity index (χ2v) is 5.56. The molecule has 0 aliphatic heterocycles. The lowest BCUT2D eigenvalue weighted by Crippen LogP contribution is -2.27. The van der Waals surface area contributed by atoms with Crippen LogP contribution in [0.3, 0.4) is 0 Å². The Morgan fingerprint density at radius 1 is 1.17 bits per heavy atom. The van der Waals surface area contributed by atoms with Gasteiger partial charge >= 0.3 is 5.97 Å². The van der Waals surface area contributed by atoms with Gasteiger partial charge < -0.3 is 4.74 Å². The highest BCUT2D eigenvalue weighted by Gasteiger charge is 2.25. The maximum Gasteiger partial charge on any atom is 0.304 e. The number of Topliss-reactive ketones (excluding diaryl/α,β-unsaturated/α-hetero) is 1. The summed E-state index contributed by atoms with van der Waals surface area (Å²) in [6.07, 6.45) is 0. The standard InChI is InChI=1S/C14H18O3S/c1-9(2)13(16)14(17-11(4)15)18-12-7-5-10(3)6-8-12/h5-9,14H,1-4H3. The van der Waals surface area contributed by atoms with Crippen molar-refractivity contribution in [2.24, 2.45) is 5.92 Å². The number of aryl methyl sites for hydroxylation is 1. The summed E-state index contributed by atoms with van der Waals surface area (Å²) >= 11 is 1.27. The van der Waals surface area contributed by atoms with Gasteiger partial charge in [-0.3, -0.25) is 9.59 Å². The van der Waals surface area contributed by atoms with Crippen molar-refractivity contribution >= 4 is 23.5 Å². The van der Waals surface area contributed by atoms with Gasteiger partial charge in [-0.15, -0.1) is 0 Å². The first-order valence-electron chi connectivity index (χ1n) is 5.84. The van der Waals surface area contributed by atoms with Crippen molar-refractivity contribution in [1.29, 1.82) is 0 Å². The predicted molar refractivity (Wildman–Crippen MR) is 72.4 cm³/mol. The number of rotatable bonds is 5. The molecule has 1 aromatic carbocycles. The van der Waals surface area contributed by atoms with Crippen LogP contribution in [-0.2, 0) is 14.3 Å². The van der Waals surface area contributed by atoms with Gasteiger partial charge in [-0.1, -0.05) is 43.3 Å². The Balaban J connectivity index is 2.81. The molecule has 98 valence electrons. The maximum atomic E-state index is 12.0. The van der Waals surface area contributed by atoms with E-state index in [-0.39, 0.29) is 11.7 Å². The van der Waals surface area contributed by atoms with Crippen LogP contribution in [0.4, 0.5) is 0 Å². The van der Waals surface area contributed by atoms with Gasteiger partial charge in [-0.05, 0) is 19.1 Å². The minimum Gasteiger partial charge on any atom is -0.443 e. The summed E-state index contributed by atoms with van der Waals surface area (Å²) in [6, 6.07) is 7.77. The van der Waals surface area contributed by atoms with Gasteiger partial charge in [0.1, 0.15) is 0 Å². The Labute approximate surface area is 112 Å². The number of carbonyl (C=O) groups is 2. The van der Waals surface area contributed by atoms with Crippen molar-refractivity contribution in [2.45, 2.75) is 38.0 Å². The minimum atomic E-state index is -0.759. The molecular formula is C14H18O3S. The van der Waals surface area contributed by atoms with E-state index in [1.165, 1.54) is 18.7 Å². The summed E-state index contributed by atoms with van der Waals surface area (Å²) in [6.45, 7) is 6.91. The zero-order valence-corrected chi connectivity index (χ0v) is 11.9. The summed E-state index contributed by atoms with van der Waals surface area (Å²) in [7, 11) is 0. The molecule has 0 saturated carbocycles. The van der Waals surface area contributed by atoms with Gasteiger partial charge in [-0.2, -0.15) is 0 Å². The second kappa shape index (κ2) is 6.59. The van der Waals surface area contributed by atoms with Crippen molar-refractivity contribution in [1.82, 2.24) is 0 Å². The van der Waals surface area contributed by atoms with E-state index < -0.39 is 11.4 Å². The van der Waals surface area contributed by atoms with Gasteiger partial charge in [-0.25, -0.2) is 0 Å². The number of esters is 1. The molecule has 0 radical (unpaired) electrons. The molecule has 1 atom stereocenters. The van der Waals surface area contributed by atoms with Crippen LogP contribution in [0.1, 0.15) is 26.3 Å². The van der Waals surface area contributed by atoms with Crippen molar-refractivity contribution < 1.29 is 14.3 Å². The molecule has 4 heteroatoms. The molecule has 0 fully saturated rings. The predicted octanol–water partition coefficient (Wildman–Crippen LogP) is 3.20. The average Bonchev–Trinajstić information content (AvgIpc) is 2.29. The first-order valence-corrected chi connectivity index (χ1v) is 6.72. The SMILES string of the molecule is CC(=O)OC(Sc1ccc(C)cc1)C(=O)C(C)C. The first kappa shape index (κ1) is 14.8. The lowest BCUT2D eigenvalue weighted by molar-refractivity contribution is -0.148. The van der Waals surface area contributed by atoms with E-state index in [1.807, 2.05) is 31.2 Å². The van der Waals surface area contributed by atoms with E-state index in [2.05, 4.69) is 0 Å². The third kappa shape index (κ3) is 4.53. The molecule has 18 heavy (non-hydrogen) atoms. The maximum absolute atomic E-state index is 12.0. The Hall–Kier alpha value is -1.29. The molecular weight excluding hydrogens is 248 g/mol. The van der Waals surface area contributed by atoms with Crippen molar-refractivity contribution in [2.75, 3.05) is 0 Å². The molecule has 0 amide bonds. The molecule has 1 rings (SSSR count). The van der Waals surface area contributed by atoms with Crippen molar-refractivity contribution in [3.63, 3.8) is 0 Å². The number of ether oxygens (including phenoxy) is 1. The van der Waals surface area contributed by atoms with E-state index in [0.29, 0.717) is 0 Å². The van der Waals surface area contributed by atoms with Gasteiger partial charge in [0.2, 0.25) is 5.44 Å². The lowest BCUT2D eigenvalue weighted by atomic mass is 10.1. The summed E-state index contributed by atoms with van der Waals surface area (Å²) in [5.41, 5.74) is 0.392. The third-order valence-corrected chi connectivity index (χ3v) is 3.43. The Morgan fingerprint density at radius 3 is 2.17 bits per heavy atom. The zero-order valence-electron chi connectivity index (χ0n) is 11.1. The number of hydrogen-bond acceptors (Lipinski definition) is 4. The highest BCUT2D eigenvalue weighted by Crippen LogP contribution is 2.27.